The van der Waals surface area contributed by atoms with Crippen molar-refractivity contribution in [3.05, 3.63) is 71.8 Å². The van der Waals surface area contributed by atoms with Crippen molar-refractivity contribution in [3.8, 4) is 0 Å². The molecule has 0 saturated carbocycles. The molecule has 1 aliphatic heterocycles. The minimum Gasteiger partial charge on any atom is -0.324 e. The second-order valence-electron chi connectivity index (χ2n) is 4.54. The van der Waals surface area contributed by atoms with Crippen LogP contribution in [-0.2, 0) is 4.79 Å². The number of allylic oxidation sites excluding steroid dienone is 1. The molecule has 0 spiro atoms. The summed E-state index contributed by atoms with van der Waals surface area (Å²) in [6, 6.07) is 17.7. The fraction of sp³-hybridized carbons (Fsp3) is 0.0588. The van der Waals surface area contributed by atoms with Crippen LogP contribution < -0.4 is 5.32 Å². The summed E-state index contributed by atoms with van der Waals surface area (Å²) < 4.78 is 0. The van der Waals surface area contributed by atoms with Crippen molar-refractivity contribution in [3.63, 3.8) is 0 Å². The highest BCUT2D eigenvalue weighted by Crippen LogP contribution is 2.19. The molecule has 0 saturated heterocycles. The topological polar surface area (TPSA) is 41.5 Å². The molecule has 2 aromatic rings. The molecule has 0 unspecified atom stereocenters. The van der Waals surface area contributed by atoms with E-state index in [1.165, 1.54) is 0 Å². The number of nitrogens with zero attached hydrogens (tertiary/aromatic N) is 1. The molecular formula is C17H14N2O. The third kappa shape index (κ3) is 2.67. The number of hydrogen-bond acceptors (Lipinski definition) is 2. The first-order valence-corrected chi connectivity index (χ1v) is 6.50. The van der Waals surface area contributed by atoms with E-state index in [2.05, 4.69) is 10.3 Å². The molecule has 0 aromatic heterocycles. The lowest BCUT2D eigenvalue weighted by molar-refractivity contribution is -0.114. The summed E-state index contributed by atoms with van der Waals surface area (Å²) in [6.07, 6.45) is 3.96. The van der Waals surface area contributed by atoms with E-state index in [0.29, 0.717) is 0 Å². The highest BCUT2D eigenvalue weighted by atomic mass is 16.1. The lowest BCUT2D eigenvalue weighted by Gasteiger charge is -2.06. The number of benzodiazepines with no additional fused rings is 1. The van der Waals surface area contributed by atoms with E-state index in [9.17, 15) is 4.79 Å². The Labute approximate surface area is 117 Å². The maximum atomic E-state index is 11.6. The molecule has 3 rings (SSSR count). The lowest BCUT2D eigenvalue weighted by Crippen LogP contribution is -2.13. The predicted molar refractivity (Wildman–Crippen MR) is 82.0 cm³/mol. The molecule has 1 heterocycles. The average Bonchev–Trinajstić information content (AvgIpc) is 2.65. The van der Waals surface area contributed by atoms with Gasteiger partial charge in [0.15, 0.2) is 0 Å². The van der Waals surface area contributed by atoms with Crippen LogP contribution in [0, 0.1) is 0 Å². The van der Waals surface area contributed by atoms with Crippen molar-refractivity contribution < 1.29 is 4.79 Å². The molecule has 98 valence electrons. The molecule has 1 N–H and O–H groups in total. The van der Waals surface area contributed by atoms with Gasteiger partial charge in [-0.2, -0.15) is 0 Å². The van der Waals surface area contributed by atoms with E-state index >= 15 is 0 Å². The number of benzene rings is 2. The van der Waals surface area contributed by atoms with E-state index in [1.54, 1.807) is 0 Å². The standard InChI is InChI=1S/C17H14N2O/c20-17-12-18-15(11-10-13-6-2-1-3-7-13)14-8-4-5-9-16(14)19-17/h1-11H,12H2,(H,19,20). The number of anilines is 1. The van der Waals surface area contributed by atoms with Crippen LogP contribution in [-0.4, -0.2) is 18.2 Å². The van der Waals surface area contributed by atoms with Crippen molar-refractivity contribution in [1.82, 2.24) is 0 Å². The first-order chi connectivity index (χ1) is 9.83. The highest BCUT2D eigenvalue weighted by molar-refractivity contribution is 6.17. The molecule has 0 radical (unpaired) electrons. The van der Waals surface area contributed by atoms with Gasteiger partial charge in [0.1, 0.15) is 6.54 Å². The summed E-state index contributed by atoms with van der Waals surface area (Å²) in [5, 5.41) is 2.86. The molecule has 0 atom stereocenters. The summed E-state index contributed by atoms with van der Waals surface area (Å²) in [6.45, 7) is 0.156. The second-order valence-corrected chi connectivity index (χ2v) is 4.54. The smallest absolute Gasteiger partial charge is 0.246 e. The minimum atomic E-state index is -0.0828. The number of nitrogens with one attached hydrogen (secondary N) is 1. The molecule has 3 heteroatoms. The molecule has 3 nitrogen and oxygen atoms in total. The van der Waals surface area contributed by atoms with Crippen LogP contribution >= 0.6 is 0 Å². The molecule has 20 heavy (non-hydrogen) atoms. The van der Waals surface area contributed by atoms with Gasteiger partial charge in [0.25, 0.3) is 0 Å². The van der Waals surface area contributed by atoms with Gasteiger partial charge in [0.05, 0.1) is 11.4 Å². The zero-order valence-electron chi connectivity index (χ0n) is 10.9. The van der Waals surface area contributed by atoms with E-state index < -0.39 is 0 Å². The van der Waals surface area contributed by atoms with Crippen molar-refractivity contribution in [2.75, 3.05) is 11.9 Å². The molecule has 1 aliphatic rings. The maximum absolute atomic E-state index is 11.6. The largest absolute Gasteiger partial charge is 0.324 e. The Balaban J connectivity index is 1.96. The van der Waals surface area contributed by atoms with Crippen molar-refractivity contribution in [1.29, 1.82) is 0 Å². The Kier molecular flexibility index (Phi) is 3.42. The first-order valence-electron chi connectivity index (χ1n) is 6.50. The van der Waals surface area contributed by atoms with Crippen molar-refractivity contribution >= 4 is 23.4 Å². The number of carbonyl (C=O) groups excluding carboxylic acids is 1. The second kappa shape index (κ2) is 5.53. The van der Waals surface area contributed by atoms with Gasteiger partial charge < -0.3 is 5.32 Å². The van der Waals surface area contributed by atoms with Gasteiger partial charge in [-0.3, -0.25) is 9.79 Å². The SMILES string of the molecule is O=C1CN=C(C=Cc2ccccc2)c2ccccc2N1. The lowest BCUT2D eigenvalue weighted by atomic mass is 10.1. The van der Waals surface area contributed by atoms with Crippen LogP contribution in [0.25, 0.3) is 6.08 Å². The third-order valence-electron chi connectivity index (χ3n) is 3.10. The summed E-state index contributed by atoms with van der Waals surface area (Å²) in [7, 11) is 0. The van der Waals surface area contributed by atoms with E-state index in [-0.39, 0.29) is 12.5 Å². The third-order valence-corrected chi connectivity index (χ3v) is 3.10. The fourth-order valence-electron chi connectivity index (χ4n) is 2.13. The molecule has 0 fully saturated rings. The zero-order valence-corrected chi connectivity index (χ0v) is 10.9. The molecule has 0 aliphatic carbocycles. The Morgan fingerprint density at radius 1 is 0.950 bits per heavy atom. The van der Waals surface area contributed by atoms with Crippen LogP contribution in [0.1, 0.15) is 11.1 Å². The molecule has 1 amide bonds. The van der Waals surface area contributed by atoms with Crippen LogP contribution in [0.2, 0.25) is 0 Å². The average molecular weight is 262 g/mol. The summed E-state index contributed by atoms with van der Waals surface area (Å²) >= 11 is 0. The van der Waals surface area contributed by atoms with Crippen molar-refractivity contribution in [2.24, 2.45) is 4.99 Å². The molecular weight excluding hydrogens is 248 g/mol. The minimum absolute atomic E-state index is 0.0828. The van der Waals surface area contributed by atoms with Gasteiger partial charge in [-0.25, -0.2) is 0 Å². The van der Waals surface area contributed by atoms with Crippen LogP contribution in [0.4, 0.5) is 5.69 Å². The Bertz CT molecular complexity index is 687. The number of carbonyl (C=O) groups is 1. The van der Waals surface area contributed by atoms with E-state index in [0.717, 1.165) is 22.5 Å². The summed E-state index contributed by atoms with van der Waals surface area (Å²) in [4.78, 5) is 16.0. The van der Waals surface area contributed by atoms with Gasteiger partial charge >= 0.3 is 0 Å². The normalized spacial score (nSPS) is 14.4. The zero-order chi connectivity index (χ0) is 13.8. The van der Waals surface area contributed by atoms with Gasteiger partial charge in [-0.1, -0.05) is 54.6 Å². The van der Waals surface area contributed by atoms with E-state index in [4.69, 9.17) is 0 Å². The number of para-hydroxylation sites is 1. The molecule has 0 bridgehead atoms. The first kappa shape index (κ1) is 12.4. The Morgan fingerprint density at radius 2 is 1.70 bits per heavy atom. The highest BCUT2D eigenvalue weighted by Gasteiger charge is 2.13. The molecule has 2 aromatic carbocycles. The Morgan fingerprint density at radius 3 is 2.55 bits per heavy atom. The summed E-state index contributed by atoms with van der Waals surface area (Å²) in [5.74, 6) is -0.0828. The number of fused-ring (bicyclic) bond motifs is 1. The number of aliphatic imine (C=N–C) groups is 1. The quantitative estimate of drug-likeness (QED) is 0.887. The number of rotatable bonds is 2. The number of hydrogen-bond donors (Lipinski definition) is 1. The van der Waals surface area contributed by atoms with Gasteiger partial charge in [0, 0.05) is 5.56 Å². The van der Waals surface area contributed by atoms with Gasteiger partial charge in [-0.05, 0) is 17.7 Å². The summed E-state index contributed by atoms with van der Waals surface area (Å²) in [5.41, 5.74) is 3.69. The fourth-order valence-corrected chi connectivity index (χ4v) is 2.13. The Hall–Kier alpha value is -2.68. The van der Waals surface area contributed by atoms with Crippen LogP contribution in [0.15, 0.2) is 65.7 Å². The van der Waals surface area contributed by atoms with Gasteiger partial charge in [0.2, 0.25) is 5.91 Å². The van der Waals surface area contributed by atoms with Crippen LogP contribution in [0.3, 0.4) is 0 Å². The van der Waals surface area contributed by atoms with Crippen LogP contribution in [0.5, 0.6) is 0 Å². The van der Waals surface area contributed by atoms with Gasteiger partial charge in [-0.15, -0.1) is 0 Å². The van der Waals surface area contributed by atoms with Crippen molar-refractivity contribution in [2.45, 2.75) is 0 Å². The monoisotopic (exact) mass is 262 g/mol. The predicted octanol–water partition coefficient (Wildman–Crippen LogP) is 3.14. The maximum Gasteiger partial charge on any atom is 0.246 e. The number of amides is 1. The van der Waals surface area contributed by atoms with E-state index in [1.807, 2.05) is 66.7 Å².